The van der Waals surface area contributed by atoms with E-state index in [1.54, 1.807) is 7.11 Å². The molecule has 4 rings (SSSR count). The summed E-state index contributed by atoms with van der Waals surface area (Å²) < 4.78 is 6.67. The van der Waals surface area contributed by atoms with Crippen molar-refractivity contribution < 1.29 is 4.74 Å². The van der Waals surface area contributed by atoms with Crippen LogP contribution in [0, 0.1) is 17.4 Å². The van der Waals surface area contributed by atoms with E-state index in [1.165, 1.54) is 9.13 Å². The Morgan fingerprint density at radius 1 is 1.14 bits per heavy atom. The predicted octanol–water partition coefficient (Wildman–Crippen LogP) is 4.82. The Labute approximate surface area is 183 Å². The molecule has 3 heterocycles. The fourth-order valence-corrected chi connectivity index (χ4v) is 5.01. The van der Waals surface area contributed by atoms with Crippen molar-refractivity contribution in [3.05, 3.63) is 74.9 Å². The molecule has 5 nitrogen and oxygen atoms in total. The van der Waals surface area contributed by atoms with E-state index in [0.717, 1.165) is 28.5 Å². The van der Waals surface area contributed by atoms with Crippen LogP contribution in [-0.4, -0.2) is 22.2 Å². The molecule has 1 saturated heterocycles. The molecule has 1 aliphatic rings. The summed E-state index contributed by atoms with van der Waals surface area (Å²) in [6.45, 7) is 4.22. The van der Waals surface area contributed by atoms with Crippen LogP contribution in [-0.2, 0) is 0 Å². The molecular formula is C21H21IN4OS. The van der Waals surface area contributed by atoms with Gasteiger partial charge in [0.25, 0.3) is 0 Å². The standard InChI is InChI=1S/C21H21IN4OS/c1-12-17(18(22)13(2)24-12)20-19(16-9-4-5-10-23-16)25-21(28)26(20)14-7-6-8-15(11-14)27-3/h4-11,19-20,24H,1-3H3,(H,25,28). The number of methoxy groups -OCH3 is 1. The minimum Gasteiger partial charge on any atom is -0.497 e. The van der Waals surface area contributed by atoms with Gasteiger partial charge in [-0.15, -0.1) is 0 Å². The molecule has 2 aromatic heterocycles. The third-order valence-electron chi connectivity index (χ3n) is 5.07. The molecule has 2 atom stereocenters. The van der Waals surface area contributed by atoms with Crippen molar-refractivity contribution in [2.45, 2.75) is 25.9 Å². The summed E-state index contributed by atoms with van der Waals surface area (Å²) in [4.78, 5) is 10.3. The quantitative estimate of drug-likeness (QED) is 0.395. The largest absolute Gasteiger partial charge is 0.497 e. The fourth-order valence-electron chi connectivity index (χ4n) is 3.81. The Morgan fingerprint density at radius 2 is 1.96 bits per heavy atom. The first-order chi connectivity index (χ1) is 13.5. The van der Waals surface area contributed by atoms with E-state index in [0.29, 0.717) is 5.11 Å². The Bertz CT molecular complexity index is 1020. The summed E-state index contributed by atoms with van der Waals surface area (Å²) in [6, 6.07) is 13.9. The van der Waals surface area contributed by atoms with Crippen molar-refractivity contribution in [1.82, 2.24) is 15.3 Å². The van der Waals surface area contributed by atoms with Gasteiger partial charge in [-0.3, -0.25) is 4.98 Å². The number of hydrogen-bond donors (Lipinski definition) is 2. The van der Waals surface area contributed by atoms with Gasteiger partial charge in [0, 0.05) is 38.5 Å². The van der Waals surface area contributed by atoms with Gasteiger partial charge in [-0.2, -0.15) is 0 Å². The number of benzene rings is 1. The van der Waals surface area contributed by atoms with Gasteiger partial charge in [0.15, 0.2) is 5.11 Å². The molecular weight excluding hydrogens is 483 g/mol. The van der Waals surface area contributed by atoms with Gasteiger partial charge in [-0.25, -0.2) is 0 Å². The normalized spacial score (nSPS) is 19.0. The lowest BCUT2D eigenvalue weighted by molar-refractivity contribution is 0.415. The molecule has 7 heteroatoms. The lowest BCUT2D eigenvalue weighted by Gasteiger charge is -2.28. The molecule has 144 valence electrons. The number of aromatic nitrogens is 2. The number of pyridine rings is 1. The monoisotopic (exact) mass is 504 g/mol. The van der Waals surface area contributed by atoms with Gasteiger partial charge in [0.05, 0.1) is 24.9 Å². The zero-order valence-corrected chi connectivity index (χ0v) is 18.8. The highest BCUT2D eigenvalue weighted by Gasteiger charge is 2.43. The third-order valence-corrected chi connectivity index (χ3v) is 6.77. The van der Waals surface area contributed by atoms with Gasteiger partial charge in [0.1, 0.15) is 5.75 Å². The summed E-state index contributed by atoms with van der Waals surface area (Å²) in [5, 5.41) is 4.19. The number of thiocarbonyl (C=S) groups is 1. The van der Waals surface area contributed by atoms with Crippen LogP contribution < -0.4 is 15.0 Å². The number of ether oxygens (including phenoxy) is 1. The SMILES string of the molecule is COc1cccc(N2C(=S)NC(c3ccccn3)C2c2c(C)[nH]c(C)c2I)c1. The van der Waals surface area contributed by atoms with Gasteiger partial charge in [0.2, 0.25) is 0 Å². The maximum Gasteiger partial charge on any atom is 0.174 e. The number of anilines is 1. The first-order valence-corrected chi connectivity index (χ1v) is 10.5. The van der Waals surface area contributed by atoms with Gasteiger partial charge >= 0.3 is 0 Å². The van der Waals surface area contributed by atoms with E-state index in [9.17, 15) is 0 Å². The molecule has 3 aromatic rings. The second-order valence-corrected chi connectivity index (χ2v) is 8.27. The summed E-state index contributed by atoms with van der Waals surface area (Å²) in [5.74, 6) is 0.803. The Balaban J connectivity index is 1.89. The van der Waals surface area contributed by atoms with Crippen LogP contribution in [0.1, 0.15) is 34.7 Å². The van der Waals surface area contributed by atoms with Crippen LogP contribution in [0.25, 0.3) is 0 Å². The maximum atomic E-state index is 5.78. The molecule has 0 radical (unpaired) electrons. The van der Waals surface area contributed by atoms with Crippen LogP contribution in [0.2, 0.25) is 0 Å². The Hall–Kier alpha value is -2.13. The molecule has 0 spiro atoms. The molecule has 1 fully saturated rings. The molecule has 1 aromatic carbocycles. The van der Waals surface area contributed by atoms with E-state index in [4.69, 9.17) is 17.0 Å². The molecule has 28 heavy (non-hydrogen) atoms. The number of hydrogen-bond acceptors (Lipinski definition) is 3. The highest BCUT2D eigenvalue weighted by atomic mass is 127. The van der Waals surface area contributed by atoms with Crippen molar-refractivity contribution in [3.63, 3.8) is 0 Å². The van der Waals surface area contributed by atoms with Crippen molar-refractivity contribution in [3.8, 4) is 5.75 Å². The number of aromatic amines is 1. The molecule has 1 aliphatic heterocycles. The summed E-state index contributed by atoms with van der Waals surface area (Å²) >= 11 is 8.20. The lowest BCUT2D eigenvalue weighted by atomic mass is 9.96. The minimum absolute atomic E-state index is 0.0219. The summed E-state index contributed by atoms with van der Waals surface area (Å²) in [5.41, 5.74) is 5.51. The second-order valence-electron chi connectivity index (χ2n) is 6.80. The lowest BCUT2D eigenvalue weighted by Crippen LogP contribution is -2.29. The third kappa shape index (κ3) is 3.26. The first kappa shape index (κ1) is 19.2. The van der Waals surface area contributed by atoms with Gasteiger partial charge in [-0.05, 0) is 72.9 Å². The molecule has 2 unspecified atom stereocenters. The fraction of sp³-hybridized carbons (Fsp3) is 0.238. The molecule has 2 N–H and O–H groups in total. The van der Waals surface area contributed by atoms with E-state index in [2.05, 4.69) is 62.7 Å². The summed E-state index contributed by atoms with van der Waals surface area (Å²) in [6.07, 6.45) is 1.82. The van der Waals surface area contributed by atoms with Crippen molar-refractivity contribution in [1.29, 1.82) is 0 Å². The highest BCUT2D eigenvalue weighted by Crippen LogP contribution is 2.45. The number of H-pyrrole nitrogens is 1. The van der Waals surface area contributed by atoms with Crippen molar-refractivity contribution >= 4 is 45.6 Å². The number of aryl methyl sites for hydroxylation is 2. The Morgan fingerprint density at radius 3 is 2.61 bits per heavy atom. The molecule has 0 amide bonds. The number of rotatable bonds is 4. The van der Waals surface area contributed by atoms with Crippen LogP contribution in [0.3, 0.4) is 0 Å². The zero-order chi connectivity index (χ0) is 19.8. The van der Waals surface area contributed by atoms with E-state index in [1.807, 2.05) is 42.6 Å². The molecule has 0 saturated carbocycles. The second kappa shape index (κ2) is 7.71. The van der Waals surface area contributed by atoms with E-state index >= 15 is 0 Å². The van der Waals surface area contributed by atoms with Crippen LogP contribution in [0.5, 0.6) is 5.75 Å². The average molecular weight is 504 g/mol. The van der Waals surface area contributed by atoms with E-state index in [-0.39, 0.29) is 12.1 Å². The predicted molar refractivity (Wildman–Crippen MR) is 124 cm³/mol. The van der Waals surface area contributed by atoms with E-state index < -0.39 is 0 Å². The molecule has 0 bridgehead atoms. The molecule has 0 aliphatic carbocycles. The summed E-state index contributed by atoms with van der Waals surface area (Å²) in [7, 11) is 1.68. The van der Waals surface area contributed by atoms with Gasteiger partial charge in [-0.1, -0.05) is 12.1 Å². The zero-order valence-electron chi connectivity index (χ0n) is 15.9. The van der Waals surface area contributed by atoms with Crippen LogP contribution in [0.15, 0.2) is 48.7 Å². The number of halogens is 1. The smallest absolute Gasteiger partial charge is 0.174 e. The maximum absolute atomic E-state index is 5.78. The first-order valence-electron chi connectivity index (χ1n) is 9.00. The van der Waals surface area contributed by atoms with Crippen molar-refractivity contribution in [2.24, 2.45) is 0 Å². The van der Waals surface area contributed by atoms with Gasteiger partial charge < -0.3 is 19.9 Å². The highest BCUT2D eigenvalue weighted by molar-refractivity contribution is 14.1. The number of nitrogens with one attached hydrogen (secondary N) is 2. The van der Waals surface area contributed by atoms with Crippen LogP contribution >= 0.6 is 34.8 Å². The van der Waals surface area contributed by atoms with Crippen LogP contribution in [0.4, 0.5) is 5.69 Å². The average Bonchev–Trinajstić information content (AvgIpc) is 3.17. The number of nitrogens with zero attached hydrogens (tertiary/aromatic N) is 2. The minimum atomic E-state index is -0.0534. The topological polar surface area (TPSA) is 53.2 Å². The van der Waals surface area contributed by atoms with Crippen molar-refractivity contribution in [2.75, 3.05) is 12.0 Å². The Kier molecular flexibility index (Phi) is 5.29.